The van der Waals surface area contributed by atoms with Gasteiger partial charge in [0.2, 0.25) is 5.91 Å². The lowest BCUT2D eigenvalue weighted by Gasteiger charge is -2.16. The molecular formula is C23H27N5O2. The molecule has 30 heavy (non-hydrogen) atoms. The summed E-state index contributed by atoms with van der Waals surface area (Å²) in [6.45, 7) is 2.71. The molecule has 7 nitrogen and oxygen atoms in total. The van der Waals surface area contributed by atoms with Crippen LogP contribution in [-0.4, -0.2) is 20.3 Å². The van der Waals surface area contributed by atoms with Crippen molar-refractivity contribution in [3.63, 3.8) is 0 Å². The van der Waals surface area contributed by atoms with Crippen molar-refractivity contribution in [1.29, 1.82) is 0 Å². The molecule has 3 aromatic rings. The molecule has 1 aliphatic rings. The molecule has 7 heteroatoms. The van der Waals surface area contributed by atoms with Gasteiger partial charge in [-0.15, -0.1) is 0 Å². The average Bonchev–Trinajstić information content (AvgIpc) is 2.92. The Morgan fingerprint density at radius 1 is 1.03 bits per heavy atom. The van der Waals surface area contributed by atoms with Gasteiger partial charge in [0.05, 0.1) is 0 Å². The van der Waals surface area contributed by atoms with Gasteiger partial charge in [-0.1, -0.05) is 36.8 Å². The van der Waals surface area contributed by atoms with E-state index >= 15 is 0 Å². The molecular weight excluding hydrogens is 378 g/mol. The first kappa shape index (κ1) is 19.9. The van der Waals surface area contributed by atoms with Crippen molar-refractivity contribution in [2.24, 2.45) is 0 Å². The number of hydrogen-bond donors (Lipinski definition) is 2. The largest absolute Gasteiger partial charge is 0.379 e. The van der Waals surface area contributed by atoms with Gasteiger partial charge in [0.1, 0.15) is 12.4 Å². The summed E-state index contributed by atoms with van der Waals surface area (Å²) < 4.78 is 2.97. The second kappa shape index (κ2) is 8.98. The van der Waals surface area contributed by atoms with Crippen LogP contribution in [-0.2, 0) is 24.3 Å². The molecule has 0 aliphatic carbocycles. The lowest BCUT2D eigenvalue weighted by molar-refractivity contribution is -0.117. The fraction of sp³-hybridized carbons (Fsp3) is 0.348. The number of fused-ring (bicyclic) bond motifs is 1. The highest BCUT2D eigenvalue weighted by molar-refractivity contribution is 5.90. The first-order valence-corrected chi connectivity index (χ1v) is 10.5. The van der Waals surface area contributed by atoms with Crippen LogP contribution in [0, 0.1) is 0 Å². The third-order valence-corrected chi connectivity index (χ3v) is 5.43. The monoisotopic (exact) mass is 405 g/mol. The zero-order chi connectivity index (χ0) is 20.9. The van der Waals surface area contributed by atoms with E-state index in [4.69, 9.17) is 0 Å². The van der Waals surface area contributed by atoms with Crippen molar-refractivity contribution in [3.05, 3.63) is 76.5 Å². The highest BCUT2D eigenvalue weighted by atomic mass is 16.2. The Balaban J connectivity index is 1.36. The molecule has 0 spiro atoms. The molecule has 0 fully saturated rings. The van der Waals surface area contributed by atoms with Gasteiger partial charge in [-0.05, 0) is 49.6 Å². The van der Waals surface area contributed by atoms with Gasteiger partial charge in [0, 0.05) is 30.4 Å². The van der Waals surface area contributed by atoms with Crippen molar-refractivity contribution in [1.82, 2.24) is 14.3 Å². The Morgan fingerprint density at radius 3 is 2.53 bits per heavy atom. The summed E-state index contributed by atoms with van der Waals surface area (Å²) in [5.74, 6) is 0.525. The van der Waals surface area contributed by atoms with E-state index < -0.39 is 0 Å². The van der Waals surface area contributed by atoms with Gasteiger partial charge in [-0.3, -0.25) is 9.36 Å². The molecule has 1 aromatic heterocycles. The summed E-state index contributed by atoms with van der Waals surface area (Å²) in [6, 6.07) is 18.0. The van der Waals surface area contributed by atoms with E-state index in [1.807, 2.05) is 42.5 Å². The van der Waals surface area contributed by atoms with E-state index in [1.165, 1.54) is 10.2 Å². The Labute approximate surface area is 175 Å². The predicted molar refractivity (Wildman–Crippen MR) is 118 cm³/mol. The topological polar surface area (TPSA) is 80.9 Å². The number of carbonyl (C=O) groups excluding carboxylic acids is 1. The molecule has 1 aliphatic heterocycles. The molecule has 1 unspecified atom stereocenters. The van der Waals surface area contributed by atoms with Crippen LogP contribution < -0.4 is 16.3 Å². The number of anilines is 2. The SMILES string of the molecule is CC(Nc1ccc(NC(=O)Cn2nc3n(c2=O)CCCCC3)cc1)c1ccccc1. The van der Waals surface area contributed by atoms with Crippen LogP contribution in [0.2, 0.25) is 0 Å². The minimum absolute atomic E-state index is 0.0795. The number of carbonyl (C=O) groups is 1. The summed E-state index contributed by atoms with van der Waals surface area (Å²) in [7, 11) is 0. The summed E-state index contributed by atoms with van der Waals surface area (Å²) in [4.78, 5) is 24.9. The van der Waals surface area contributed by atoms with E-state index in [0.717, 1.165) is 37.2 Å². The third kappa shape index (κ3) is 4.62. The van der Waals surface area contributed by atoms with Crippen LogP contribution in [0.25, 0.3) is 0 Å². The normalized spacial score (nSPS) is 14.4. The average molecular weight is 406 g/mol. The van der Waals surface area contributed by atoms with Gasteiger partial charge >= 0.3 is 5.69 Å². The molecule has 2 N–H and O–H groups in total. The Kier molecular flexibility index (Phi) is 5.97. The predicted octanol–water partition coefficient (Wildman–Crippen LogP) is 3.58. The van der Waals surface area contributed by atoms with Crippen molar-refractivity contribution in [2.45, 2.75) is 51.7 Å². The van der Waals surface area contributed by atoms with Crippen LogP contribution in [0.3, 0.4) is 0 Å². The smallest absolute Gasteiger partial charge is 0.346 e. The van der Waals surface area contributed by atoms with Crippen molar-refractivity contribution in [2.75, 3.05) is 10.6 Å². The van der Waals surface area contributed by atoms with E-state index in [-0.39, 0.29) is 24.2 Å². The minimum Gasteiger partial charge on any atom is -0.379 e. The fourth-order valence-corrected chi connectivity index (χ4v) is 3.79. The fourth-order valence-electron chi connectivity index (χ4n) is 3.79. The van der Waals surface area contributed by atoms with E-state index in [9.17, 15) is 9.59 Å². The second-order valence-corrected chi connectivity index (χ2v) is 7.72. The number of hydrogen-bond acceptors (Lipinski definition) is 4. The summed E-state index contributed by atoms with van der Waals surface area (Å²) in [5.41, 5.74) is 2.67. The van der Waals surface area contributed by atoms with E-state index in [2.05, 4.69) is 34.8 Å². The number of nitrogens with one attached hydrogen (secondary N) is 2. The molecule has 156 valence electrons. The Morgan fingerprint density at radius 2 is 1.77 bits per heavy atom. The standard InChI is InChI=1S/C23H27N5O2/c1-17(18-8-4-2-5-9-18)24-19-11-13-20(14-12-19)25-22(29)16-28-23(30)27-15-7-3-6-10-21(27)26-28/h2,4-5,8-9,11-14,17,24H,3,6-7,10,15-16H2,1H3,(H,25,29). The number of aryl methyl sites for hydroxylation is 1. The number of aromatic nitrogens is 3. The van der Waals surface area contributed by atoms with E-state index in [1.54, 1.807) is 4.57 Å². The molecule has 0 radical (unpaired) electrons. The zero-order valence-corrected chi connectivity index (χ0v) is 17.2. The molecule has 0 saturated carbocycles. The second-order valence-electron chi connectivity index (χ2n) is 7.72. The van der Waals surface area contributed by atoms with Crippen LogP contribution in [0.5, 0.6) is 0 Å². The van der Waals surface area contributed by atoms with Gasteiger partial charge < -0.3 is 10.6 Å². The quantitative estimate of drug-likeness (QED) is 0.657. The summed E-state index contributed by atoms with van der Waals surface area (Å²) in [5, 5.41) is 10.7. The number of rotatable bonds is 6. The first-order valence-electron chi connectivity index (χ1n) is 10.5. The first-order chi connectivity index (χ1) is 14.6. The maximum absolute atomic E-state index is 12.5. The highest BCUT2D eigenvalue weighted by Crippen LogP contribution is 2.20. The van der Waals surface area contributed by atoms with Crippen LogP contribution in [0.1, 0.15) is 43.6 Å². The summed E-state index contributed by atoms with van der Waals surface area (Å²) in [6.07, 6.45) is 3.91. The number of amides is 1. The highest BCUT2D eigenvalue weighted by Gasteiger charge is 2.17. The van der Waals surface area contributed by atoms with Gasteiger partial charge in [-0.2, -0.15) is 5.10 Å². The molecule has 0 bridgehead atoms. The maximum atomic E-state index is 12.5. The zero-order valence-electron chi connectivity index (χ0n) is 17.2. The van der Waals surface area contributed by atoms with E-state index in [0.29, 0.717) is 12.2 Å². The Hall–Kier alpha value is -3.35. The molecule has 2 heterocycles. The maximum Gasteiger partial charge on any atom is 0.346 e. The molecule has 2 aromatic carbocycles. The summed E-state index contributed by atoms with van der Waals surface area (Å²) >= 11 is 0. The molecule has 0 saturated heterocycles. The van der Waals surface area contributed by atoms with Crippen molar-refractivity contribution < 1.29 is 4.79 Å². The Bertz CT molecular complexity index is 1050. The van der Waals surface area contributed by atoms with Gasteiger partial charge in [0.25, 0.3) is 0 Å². The molecule has 1 amide bonds. The van der Waals surface area contributed by atoms with Gasteiger partial charge in [-0.25, -0.2) is 9.48 Å². The lowest BCUT2D eigenvalue weighted by Crippen LogP contribution is -2.30. The molecule has 4 rings (SSSR count). The molecule has 1 atom stereocenters. The van der Waals surface area contributed by atoms with Crippen molar-refractivity contribution >= 4 is 17.3 Å². The number of benzene rings is 2. The third-order valence-electron chi connectivity index (χ3n) is 5.43. The van der Waals surface area contributed by atoms with Crippen LogP contribution in [0.4, 0.5) is 11.4 Å². The van der Waals surface area contributed by atoms with Crippen LogP contribution in [0.15, 0.2) is 59.4 Å². The van der Waals surface area contributed by atoms with Gasteiger partial charge in [0.15, 0.2) is 0 Å². The minimum atomic E-state index is -0.260. The van der Waals surface area contributed by atoms with Crippen molar-refractivity contribution in [3.8, 4) is 0 Å². The number of nitrogens with zero attached hydrogens (tertiary/aromatic N) is 3. The lowest BCUT2D eigenvalue weighted by atomic mass is 10.1. The van der Waals surface area contributed by atoms with Crippen LogP contribution >= 0.6 is 0 Å².